The molecule has 0 fully saturated rings. The summed E-state index contributed by atoms with van der Waals surface area (Å²) >= 11 is 0. The lowest BCUT2D eigenvalue weighted by Crippen LogP contribution is -1.80. The van der Waals surface area contributed by atoms with Crippen LogP contribution in [0.1, 0.15) is 31.2 Å². The molecular formula is C18H20. The first-order valence-electron chi connectivity index (χ1n) is 6.72. The van der Waals surface area contributed by atoms with Crippen molar-refractivity contribution in [2.75, 3.05) is 0 Å². The van der Waals surface area contributed by atoms with E-state index in [1.54, 1.807) is 0 Å². The second kappa shape index (κ2) is 7.50. The second-order valence-corrected chi connectivity index (χ2v) is 4.52. The van der Waals surface area contributed by atoms with E-state index in [0.29, 0.717) is 0 Å². The number of allylic oxidation sites excluding steroid dienone is 7. The molecule has 0 saturated heterocycles. The van der Waals surface area contributed by atoms with Crippen LogP contribution in [0.2, 0.25) is 0 Å². The summed E-state index contributed by atoms with van der Waals surface area (Å²) in [5.74, 6) is 0. The molecule has 18 heavy (non-hydrogen) atoms. The van der Waals surface area contributed by atoms with E-state index in [0.717, 1.165) is 0 Å². The highest BCUT2D eigenvalue weighted by atomic mass is 14.0. The van der Waals surface area contributed by atoms with Crippen molar-refractivity contribution in [1.29, 1.82) is 0 Å². The predicted octanol–water partition coefficient (Wildman–Crippen LogP) is 5.31. The lowest BCUT2D eigenvalue weighted by molar-refractivity contribution is 0.756. The molecule has 0 atom stereocenters. The Bertz CT molecular complexity index is 458. The van der Waals surface area contributed by atoms with Gasteiger partial charge in [0, 0.05) is 0 Å². The quantitative estimate of drug-likeness (QED) is 0.624. The normalized spacial score (nSPS) is 16.8. The van der Waals surface area contributed by atoms with E-state index in [-0.39, 0.29) is 0 Å². The Balaban J connectivity index is 1.92. The first kappa shape index (κ1) is 12.6. The molecule has 0 nitrogen and oxygen atoms in total. The minimum Gasteiger partial charge on any atom is -0.0840 e. The summed E-state index contributed by atoms with van der Waals surface area (Å²) in [6, 6.07) is 10.4. The van der Waals surface area contributed by atoms with Crippen molar-refractivity contribution in [3.05, 3.63) is 77.9 Å². The largest absolute Gasteiger partial charge is 0.0840 e. The molecule has 0 saturated carbocycles. The van der Waals surface area contributed by atoms with Gasteiger partial charge >= 0.3 is 0 Å². The number of hydrogen-bond donors (Lipinski definition) is 0. The van der Waals surface area contributed by atoms with Gasteiger partial charge in [-0.15, -0.1) is 0 Å². The fraction of sp³-hybridized carbons (Fsp3) is 0.222. The fourth-order valence-electron chi connectivity index (χ4n) is 1.98. The van der Waals surface area contributed by atoms with Crippen molar-refractivity contribution in [2.24, 2.45) is 0 Å². The fourth-order valence-corrected chi connectivity index (χ4v) is 1.98. The summed E-state index contributed by atoms with van der Waals surface area (Å²) in [6.07, 6.45) is 20.4. The van der Waals surface area contributed by atoms with Crippen LogP contribution in [0, 0.1) is 0 Å². The molecule has 0 amide bonds. The van der Waals surface area contributed by atoms with Crippen LogP contribution in [0.3, 0.4) is 0 Å². The third-order valence-electron chi connectivity index (χ3n) is 3.00. The average Bonchev–Trinajstić information content (AvgIpc) is 2.38. The predicted molar refractivity (Wildman–Crippen MR) is 80.3 cm³/mol. The Kier molecular flexibility index (Phi) is 5.26. The van der Waals surface area contributed by atoms with Crippen molar-refractivity contribution in [3.63, 3.8) is 0 Å². The van der Waals surface area contributed by atoms with E-state index in [4.69, 9.17) is 0 Å². The Morgan fingerprint density at radius 2 is 1.61 bits per heavy atom. The highest BCUT2D eigenvalue weighted by molar-refractivity contribution is 5.51. The summed E-state index contributed by atoms with van der Waals surface area (Å²) in [5, 5.41) is 0. The third-order valence-corrected chi connectivity index (χ3v) is 3.00. The standard InChI is InChI=1S/C18H20/c1-2-5-11-17(12-6-3-1)15-9-10-16-18-13-7-4-8-14-18/h4-5,7-16H,1-3,6H2. The van der Waals surface area contributed by atoms with Crippen molar-refractivity contribution >= 4 is 6.08 Å². The van der Waals surface area contributed by atoms with Gasteiger partial charge in [0.25, 0.3) is 0 Å². The first-order chi connectivity index (χ1) is 8.95. The van der Waals surface area contributed by atoms with Crippen molar-refractivity contribution in [3.8, 4) is 0 Å². The molecule has 92 valence electrons. The van der Waals surface area contributed by atoms with Crippen LogP contribution in [0.25, 0.3) is 6.08 Å². The Labute approximate surface area is 110 Å². The van der Waals surface area contributed by atoms with E-state index in [9.17, 15) is 0 Å². The molecule has 1 aliphatic carbocycles. The van der Waals surface area contributed by atoms with Crippen LogP contribution >= 0.6 is 0 Å². The number of rotatable bonds is 3. The first-order valence-corrected chi connectivity index (χ1v) is 6.72. The lowest BCUT2D eigenvalue weighted by Gasteiger charge is -2.00. The van der Waals surface area contributed by atoms with E-state index in [2.05, 4.69) is 66.8 Å². The minimum absolute atomic E-state index is 1.20. The molecule has 0 aliphatic heterocycles. The Morgan fingerprint density at radius 3 is 2.50 bits per heavy atom. The number of hydrogen-bond acceptors (Lipinski definition) is 0. The van der Waals surface area contributed by atoms with Gasteiger partial charge in [-0.05, 0) is 36.8 Å². The molecule has 0 N–H and O–H groups in total. The molecule has 1 aromatic rings. The van der Waals surface area contributed by atoms with Crippen LogP contribution in [-0.4, -0.2) is 0 Å². The highest BCUT2D eigenvalue weighted by Crippen LogP contribution is 2.11. The molecule has 0 heterocycles. The summed E-state index contributed by atoms with van der Waals surface area (Å²) < 4.78 is 0. The zero-order chi connectivity index (χ0) is 12.5. The molecule has 1 aliphatic rings. The zero-order valence-electron chi connectivity index (χ0n) is 10.8. The highest BCUT2D eigenvalue weighted by Gasteiger charge is 1.91. The Morgan fingerprint density at radius 1 is 0.833 bits per heavy atom. The van der Waals surface area contributed by atoms with E-state index < -0.39 is 0 Å². The van der Waals surface area contributed by atoms with Gasteiger partial charge in [0.1, 0.15) is 0 Å². The molecule has 0 bridgehead atoms. The molecule has 0 aromatic heterocycles. The van der Waals surface area contributed by atoms with E-state index >= 15 is 0 Å². The average molecular weight is 236 g/mol. The topological polar surface area (TPSA) is 0 Å². The second-order valence-electron chi connectivity index (χ2n) is 4.52. The molecule has 1 aromatic carbocycles. The molecular weight excluding hydrogens is 216 g/mol. The summed E-state index contributed by atoms with van der Waals surface area (Å²) in [4.78, 5) is 0. The molecule has 0 radical (unpaired) electrons. The molecule has 2 rings (SSSR count). The van der Waals surface area contributed by atoms with Gasteiger partial charge in [-0.25, -0.2) is 0 Å². The summed E-state index contributed by atoms with van der Waals surface area (Å²) in [6.45, 7) is 0. The third kappa shape index (κ3) is 4.58. The van der Waals surface area contributed by atoms with Crippen LogP contribution in [0.5, 0.6) is 0 Å². The summed E-state index contributed by atoms with van der Waals surface area (Å²) in [5.41, 5.74) is 2.57. The van der Waals surface area contributed by atoms with Crippen LogP contribution < -0.4 is 0 Å². The van der Waals surface area contributed by atoms with Crippen molar-refractivity contribution in [2.45, 2.75) is 25.7 Å². The van der Waals surface area contributed by atoms with Gasteiger partial charge in [-0.1, -0.05) is 72.9 Å². The van der Waals surface area contributed by atoms with E-state index in [1.165, 1.54) is 36.8 Å². The minimum atomic E-state index is 1.20. The van der Waals surface area contributed by atoms with Gasteiger partial charge in [0.05, 0.1) is 0 Å². The van der Waals surface area contributed by atoms with Gasteiger partial charge < -0.3 is 0 Å². The maximum atomic E-state index is 2.32. The van der Waals surface area contributed by atoms with Gasteiger partial charge in [0.2, 0.25) is 0 Å². The van der Waals surface area contributed by atoms with Gasteiger partial charge in [0.15, 0.2) is 0 Å². The maximum Gasteiger partial charge on any atom is -0.0257 e. The smallest absolute Gasteiger partial charge is 0.0257 e. The van der Waals surface area contributed by atoms with Gasteiger partial charge in [-0.2, -0.15) is 0 Å². The van der Waals surface area contributed by atoms with Crippen molar-refractivity contribution < 1.29 is 0 Å². The van der Waals surface area contributed by atoms with E-state index in [1.807, 2.05) is 6.07 Å². The van der Waals surface area contributed by atoms with Crippen LogP contribution in [0.4, 0.5) is 0 Å². The maximum absolute atomic E-state index is 2.32. The molecule has 0 unspecified atom stereocenters. The molecule has 0 spiro atoms. The monoisotopic (exact) mass is 236 g/mol. The van der Waals surface area contributed by atoms with Crippen LogP contribution in [-0.2, 0) is 0 Å². The SMILES string of the molecule is C(C=Cc1ccccc1)=CC1=CCCCCC=C1. The van der Waals surface area contributed by atoms with Crippen LogP contribution in [0.15, 0.2) is 72.4 Å². The Hall–Kier alpha value is -1.82. The summed E-state index contributed by atoms with van der Waals surface area (Å²) in [7, 11) is 0. The molecule has 0 heteroatoms. The zero-order valence-corrected chi connectivity index (χ0v) is 10.8. The lowest BCUT2D eigenvalue weighted by atomic mass is 10.1. The van der Waals surface area contributed by atoms with Crippen molar-refractivity contribution in [1.82, 2.24) is 0 Å². The van der Waals surface area contributed by atoms with Gasteiger partial charge in [-0.3, -0.25) is 0 Å². The number of benzene rings is 1.